The van der Waals surface area contributed by atoms with Gasteiger partial charge in [0, 0.05) is 39.6 Å². The Morgan fingerprint density at radius 3 is 1.41 bits per heavy atom. The highest BCUT2D eigenvalue weighted by atomic mass is 28.4. The molecule has 0 aliphatic heterocycles. The molecule has 0 saturated carbocycles. The van der Waals surface area contributed by atoms with Gasteiger partial charge in [0.05, 0.1) is 5.19 Å². The quantitative estimate of drug-likeness (QED) is 0.406. The fourth-order valence-corrected chi connectivity index (χ4v) is 7.25. The molecule has 27 heavy (non-hydrogen) atoms. The minimum atomic E-state index is -3.36. The van der Waals surface area contributed by atoms with Gasteiger partial charge in [-0.3, -0.25) is 0 Å². The summed E-state index contributed by atoms with van der Waals surface area (Å²) in [6.45, 7) is 14.0. The lowest BCUT2D eigenvalue weighted by Crippen LogP contribution is -2.59. The maximum Gasteiger partial charge on any atom is 0.749 e. The second-order valence-corrected chi connectivity index (χ2v) is 9.84. The Morgan fingerprint density at radius 1 is 0.593 bits per heavy atom. The van der Waals surface area contributed by atoms with E-state index in [0.717, 1.165) is 5.19 Å². The van der Waals surface area contributed by atoms with Gasteiger partial charge < -0.3 is 31.0 Å². The molecule has 9 heteroatoms. The van der Waals surface area contributed by atoms with Crippen LogP contribution in [-0.4, -0.2) is 57.5 Å². The average molecular weight is 419 g/mol. The van der Waals surface area contributed by atoms with Crippen LogP contribution in [0.2, 0.25) is 0 Å². The summed E-state index contributed by atoms with van der Waals surface area (Å²) in [6.07, 6.45) is 0. The average Bonchev–Trinajstić information content (AvgIpc) is 2.63. The summed E-state index contributed by atoms with van der Waals surface area (Å²) in [7, 11) is -6.51. The summed E-state index contributed by atoms with van der Waals surface area (Å²) in [5.41, 5.74) is 0. The predicted octanol–water partition coefficient (Wildman–Crippen LogP) is 2.87. The first-order valence-electron chi connectivity index (χ1n) is 9.69. The molecule has 0 spiro atoms. The van der Waals surface area contributed by atoms with Gasteiger partial charge in [0.25, 0.3) is 0 Å². The molecule has 0 heterocycles. The maximum atomic E-state index is 6.27. The molecule has 0 aliphatic rings. The molecular formula is C18H34O7Si2. The van der Waals surface area contributed by atoms with Crippen LogP contribution in [0.5, 0.6) is 5.75 Å². The SMILES string of the molecule is CCO[Si](OCC)(OCC)Oc1ccccc1[Si](OCC)(OCC)OCC. The zero-order valence-electron chi connectivity index (χ0n) is 17.4. The Bertz CT molecular complexity index is 496. The summed E-state index contributed by atoms with van der Waals surface area (Å²) in [6, 6.07) is 7.54. The van der Waals surface area contributed by atoms with Crippen molar-refractivity contribution < 1.29 is 31.0 Å². The van der Waals surface area contributed by atoms with Gasteiger partial charge in [-0.25, -0.2) is 0 Å². The number of hydrogen-bond acceptors (Lipinski definition) is 7. The van der Waals surface area contributed by atoms with E-state index in [1.54, 1.807) is 0 Å². The Kier molecular flexibility index (Phi) is 11.3. The van der Waals surface area contributed by atoms with Crippen molar-refractivity contribution in [2.75, 3.05) is 39.6 Å². The summed E-state index contributed by atoms with van der Waals surface area (Å²) < 4.78 is 41.9. The second kappa shape index (κ2) is 12.6. The Morgan fingerprint density at radius 2 is 1.00 bits per heavy atom. The van der Waals surface area contributed by atoms with Crippen molar-refractivity contribution in [1.29, 1.82) is 0 Å². The molecule has 0 bridgehead atoms. The minimum absolute atomic E-state index is 0.416. The van der Waals surface area contributed by atoms with Crippen molar-refractivity contribution in [2.24, 2.45) is 0 Å². The number of rotatable bonds is 15. The van der Waals surface area contributed by atoms with Crippen molar-refractivity contribution in [3.63, 3.8) is 0 Å². The Labute approximate surface area is 165 Å². The van der Waals surface area contributed by atoms with Crippen molar-refractivity contribution in [1.82, 2.24) is 0 Å². The van der Waals surface area contributed by atoms with Crippen LogP contribution in [0, 0.1) is 0 Å². The molecule has 156 valence electrons. The van der Waals surface area contributed by atoms with Crippen LogP contribution in [0.25, 0.3) is 0 Å². The monoisotopic (exact) mass is 418 g/mol. The molecule has 1 aromatic carbocycles. The van der Waals surface area contributed by atoms with Gasteiger partial charge in [-0.2, -0.15) is 0 Å². The van der Waals surface area contributed by atoms with Crippen LogP contribution in [0.3, 0.4) is 0 Å². The first-order chi connectivity index (χ1) is 13.1. The van der Waals surface area contributed by atoms with Crippen molar-refractivity contribution >= 4 is 23.0 Å². The predicted molar refractivity (Wildman–Crippen MR) is 108 cm³/mol. The standard InChI is InChI=1S/C18H34O7Si2/c1-7-19-26(20-8-2,21-9-3)18-16-14-13-15-17(18)25-27(22-10-4,23-11-5)24-12-6/h13-16H,7-12H2,1-6H3. The normalized spacial score (nSPS) is 12.4. The third kappa shape index (κ3) is 6.65. The highest BCUT2D eigenvalue weighted by Crippen LogP contribution is 2.23. The summed E-state index contributed by atoms with van der Waals surface area (Å²) >= 11 is 0. The first kappa shape index (κ1) is 24.3. The van der Waals surface area contributed by atoms with E-state index in [0.29, 0.717) is 45.4 Å². The van der Waals surface area contributed by atoms with Gasteiger partial charge in [-0.05, 0) is 47.6 Å². The fraction of sp³-hybridized carbons (Fsp3) is 0.667. The van der Waals surface area contributed by atoms with Crippen LogP contribution in [0.1, 0.15) is 41.5 Å². The Balaban J connectivity index is 3.39. The van der Waals surface area contributed by atoms with Crippen molar-refractivity contribution in [2.45, 2.75) is 41.5 Å². The zero-order valence-corrected chi connectivity index (χ0v) is 19.4. The largest absolute Gasteiger partial charge is 0.749 e. The summed E-state index contributed by atoms with van der Waals surface area (Å²) in [5, 5.41) is 0.742. The van der Waals surface area contributed by atoms with Crippen LogP contribution in [0.15, 0.2) is 24.3 Å². The number of benzene rings is 1. The smallest absolute Gasteiger partial charge is 0.480 e. The molecule has 1 aromatic rings. The lowest BCUT2D eigenvalue weighted by atomic mass is 10.3. The minimum Gasteiger partial charge on any atom is -0.480 e. The third-order valence-corrected chi connectivity index (χ3v) is 8.89. The zero-order chi connectivity index (χ0) is 20.2. The third-order valence-electron chi connectivity index (χ3n) is 3.42. The van der Waals surface area contributed by atoms with Gasteiger partial charge in [0.1, 0.15) is 5.75 Å². The maximum absolute atomic E-state index is 6.27. The van der Waals surface area contributed by atoms with Crippen LogP contribution >= 0.6 is 0 Å². The molecule has 0 saturated heterocycles. The molecule has 0 amide bonds. The molecule has 0 radical (unpaired) electrons. The van der Waals surface area contributed by atoms with E-state index >= 15 is 0 Å². The molecular weight excluding hydrogens is 384 g/mol. The van der Waals surface area contributed by atoms with E-state index in [9.17, 15) is 0 Å². The van der Waals surface area contributed by atoms with Gasteiger partial charge in [0.15, 0.2) is 0 Å². The van der Waals surface area contributed by atoms with E-state index in [2.05, 4.69) is 0 Å². The number of para-hydroxylation sites is 1. The van der Waals surface area contributed by atoms with Crippen molar-refractivity contribution in [3.8, 4) is 5.75 Å². The van der Waals surface area contributed by atoms with Crippen LogP contribution in [0.4, 0.5) is 0 Å². The second-order valence-electron chi connectivity index (χ2n) is 5.25. The van der Waals surface area contributed by atoms with Crippen molar-refractivity contribution in [3.05, 3.63) is 24.3 Å². The molecule has 0 fully saturated rings. The van der Waals surface area contributed by atoms with Gasteiger partial charge >= 0.3 is 17.9 Å². The topological polar surface area (TPSA) is 64.6 Å². The van der Waals surface area contributed by atoms with E-state index < -0.39 is 17.9 Å². The molecule has 0 atom stereocenters. The van der Waals surface area contributed by atoms with E-state index in [1.165, 1.54) is 0 Å². The lowest BCUT2D eigenvalue weighted by molar-refractivity contribution is 0.00967. The van der Waals surface area contributed by atoms with E-state index in [4.69, 9.17) is 31.0 Å². The van der Waals surface area contributed by atoms with Crippen LogP contribution < -0.4 is 9.61 Å². The molecule has 7 nitrogen and oxygen atoms in total. The van der Waals surface area contributed by atoms with E-state index in [1.807, 2.05) is 65.8 Å². The molecule has 0 aliphatic carbocycles. The summed E-state index contributed by atoms with van der Waals surface area (Å²) in [5.74, 6) is 0.543. The molecule has 0 unspecified atom stereocenters. The van der Waals surface area contributed by atoms with Crippen LogP contribution in [-0.2, 0) is 26.6 Å². The lowest BCUT2D eigenvalue weighted by Gasteiger charge is -2.32. The highest BCUT2D eigenvalue weighted by molar-refractivity contribution is 6.76. The van der Waals surface area contributed by atoms with Gasteiger partial charge in [-0.1, -0.05) is 18.2 Å². The Hall–Kier alpha value is -0.786. The molecule has 0 N–H and O–H groups in total. The fourth-order valence-electron chi connectivity index (χ4n) is 2.62. The summed E-state index contributed by atoms with van der Waals surface area (Å²) in [4.78, 5) is 0. The highest BCUT2D eigenvalue weighted by Gasteiger charge is 2.51. The number of hydrogen-bond donors (Lipinski definition) is 0. The van der Waals surface area contributed by atoms with E-state index in [-0.39, 0.29) is 0 Å². The van der Waals surface area contributed by atoms with Gasteiger partial charge in [0.2, 0.25) is 0 Å². The van der Waals surface area contributed by atoms with Gasteiger partial charge in [-0.15, -0.1) is 0 Å². The first-order valence-corrected chi connectivity index (χ1v) is 13.0. The molecule has 1 rings (SSSR count). The molecule has 0 aromatic heterocycles.